The van der Waals surface area contributed by atoms with Gasteiger partial charge in [-0.05, 0) is 21.0 Å². The van der Waals surface area contributed by atoms with Crippen LogP contribution in [0.4, 0.5) is 18.0 Å². The largest absolute Gasteiger partial charge is 0.479 e. The second-order valence-electron chi connectivity index (χ2n) is 4.72. The fourth-order valence-corrected chi connectivity index (χ4v) is 1.10. The Hall–Kier alpha value is -1.55. The summed E-state index contributed by atoms with van der Waals surface area (Å²) in [4.78, 5) is 23.9. The Balaban J connectivity index is 4.16. The molecule has 2 amide bonds. The molecule has 0 rings (SSSR count). The molecule has 0 aliphatic rings. The highest BCUT2D eigenvalue weighted by molar-refractivity contribution is 5.86. The summed E-state index contributed by atoms with van der Waals surface area (Å²) in [5.74, 6) is -2.19. The van der Waals surface area contributed by atoms with E-state index in [1.165, 1.54) is 5.32 Å². The van der Waals surface area contributed by atoms with E-state index in [1.807, 2.05) is 19.0 Å². The molecule has 0 saturated heterocycles. The van der Waals surface area contributed by atoms with Crippen LogP contribution in [-0.2, 0) is 9.53 Å². The van der Waals surface area contributed by atoms with Crippen LogP contribution in [0.3, 0.4) is 0 Å². The molecular formula is C11H20F3N3O4. The Morgan fingerprint density at radius 2 is 1.81 bits per heavy atom. The van der Waals surface area contributed by atoms with E-state index in [2.05, 4.69) is 5.32 Å². The third-order valence-corrected chi connectivity index (χ3v) is 2.57. The number of likely N-dealkylation sites (N-methyl/N-ethyl adjacent to an activating group) is 1. The lowest BCUT2D eigenvalue weighted by Crippen LogP contribution is -2.63. The van der Waals surface area contributed by atoms with Crippen molar-refractivity contribution < 1.29 is 32.6 Å². The average Bonchev–Trinajstić information content (AvgIpc) is 2.31. The predicted molar refractivity (Wildman–Crippen MR) is 68.0 cm³/mol. The molecule has 7 nitrogen and oxygen atoms in total. The number of halogens is 3. The molecule has 0 fully saturated rings. The normalized spacial score (nSPS) is 14.6. The first kappa shape index (κ1) is 19.4. The van der Waals surface area contributed by atoms with Crippen LogP contribution in [-0.4, -0.2) is 74.1 Å². The van der Waals surface area contributed by atoms with Gasteiger partial charge in [-0.1, -0.05) is 0 Å². The van der Waals surface area contributed by atoms with Gasteiger partial charge in [0.25, 0.3) is 0 Å². The molecule has 10 heteroatoms. The van der Waals surface area contributed by atoms with Crippen LogP contribution in [0.1, 0.15) is 6.92 Å². The zero-order valence-electron chi connectivity index (χ0n) is 12.1. The number of carbonyl (C=O) groups is 2. The van der Waals surface area contributed by atoms with Crippen molar-refractivity contribution in [2.75, 3.05) is 40.4 Å². The summed E-state index contributed by atoms with van der Waals surface area (Å²) in [6.45, 7) is 1.52. The lowest BCUT2D eigenvalue weighted by atomic mass is 10.0. The van der Waals surface area contributed by atoms with E-state index in [1.54, 1.807) is 0 Å². The molecular weight excluding hydrogens is 295 g/mol. The molecule has 0 aliphatic carbocycles. The summed E-state index contributed by atoms with van der Waals surface area (Å²) in [5, 5.41) is 12.1. The van der Waals surface area contributed by atoms with E-state index in [0.717, 1.165) is 0 Å². The van der Waals surface area contributed by atoms with Gasteiger partial charge in [0.1, 0.15) is 0 Å². The molecule has 0 spiro atoms. The number of carbonyl (C=O) groups excluding carboxylic acids is 1. The number of rotatable bonds is 8. The first-order chi connectivity index (χ1) is 9.50. The molecule has 0 heterocycles. The number of carboxylic acid groups (broad SMARTS) is 1. The van der Waals surface area contributed by atoms with Crippen LogP contribution in [0.25, 0.3) is 0 Å². The predicted octanol–water partition coefficient (Wildman–Crippen LogP) is 0.269. The van der Waals surface area contributed by atoms with Gasteiger partial charge in [-0.25, -0.2) is 9.59 Å². The lowest BCUT2D eigenvalue weighted by molar-refractivity contribution is -0.203. The van der Waals surface area contributed by atoms with E-state index < -0.39 is 23.7 Å². The van der Waals surface area contributed by atoms with Crippen molar-refractivity contribution in [3.05, 3.63) is 0 Å². The van der Waals surface area contributed by atoms with Crippen LogP contribution in [0.15, 0.2) is 0 Å². The minimum Gasteiger partial charge on any atom is -0.479 e. The summed E-state index contributed by atoms with van der Waals surface area (Å²) >= 11 is 0. The summed E-state index contributed by atoms with van der Waals surface area (Å²) < 4.78 is 43.0. The smallest absolute Gasteiger partial charge is 0.422 e. The topological polar surface area (TPSA) is 90.9 Å². The van der Waals surface area contributed by atoms with Crippen molar-refractivity contribution in [1.82, 2.24) is 15.5 Å². The van der Waals surface area contributed by atoms with Gasteiger partial charge in [-0.2, -0.15) is 13.2 Å². The first-order valence-electron chi connectivity index (χ1n) is 6.09. The number of ether oxygens (including phenoxy) is 1. The van der Waals surface area contributed by atoms with Crippen molar-refractivity contribution in [2.24, 2.45) is 0 Å². The van der Waals surface area contributed by atoms with Crippen LogP contribution >= 0.6 is 0 Å². The van der Waals surface area contributed by atoms with Crippen molar-refractivity contribution in [2.45, 2.75) is 18.6 Å². The Morgan fingerprint density at radius 1 is 1.24 bits per heavy atom. The van der Waals surface area contributed by atoms with E-state index in [9.17, 15) is 22.8 Å². The zero-order chi connectivity index (χ0) is 16.7. The monoisotopic (exact) mass is 315 g/mol. The number of carboxylic acids is 1. The van der Waals surface area contributed by atoms with Crippen molar-refractivity contribution in [1.29, 1.82) is 0 Å². The number of amides is 2. The molecule has 124 valence electrons. The summed E-state index contributed by atoms with van der Waals surface area (Å²) in [5.41, 5.74) is -3.34. The highest BCUT2D eigenvalue weighted by Gasteiger charge is 2.58. The summed E-state index contributed by atoms with van der Waals surface area (Å²) in [6.07, 6.45) is -5.11. The van der Waals surface area contributed by atoms with Crippen LogP contribution in [0, 0.1) is 0 Å². The minimum absolute atomic E-state index is 0.0349. The van der Waals surface area contributed by atoms with E-state index in [-0.39, 0.29) is 13.2 Å². The second kappa shape index (κ2) is 8.03. The highest BCUT2D eigenvalue weighted by atomic mass is 19.4. The third-order valence-electron chi connectivity index (χ3n) is 2.57. The van der Waals surface area contributed by atoms with Gasteiger partial charge >= 0.3 is 18.2 Å². The number of aliphatic carboxylic acids is 1. The Labute approximate surface area is 120 Å². The van der Waals surface area contributed by atoms with Gasteiger partial charge in [-0.3, -0.25) is 0 Å². The maximum Gasteiger partial charge on any atom is 0.422 e. The van der Waals surface area contributed by atoms with Gasteiger partial charge < -0.3 is 25.4 Å². The van der Waals surface area contributed by atoms with Gasteiger partial charge in [0.2, 0.25) is 5.54 Å². The minimum atomic E-state index is -5.11. The number of nitrogens with zero attached hydrogens (tertiary/aromatic N) is 1. The van der Waals surface area contributed by atoms with Crippen molar-refractivity contribution in [3.63, 3.8) is 0 Å². The van der Waals surface area contributed by atoms with Crippen LogP contribution in [0.5, 0.6) is 0 Å². The maximum atomic E-state index is 12.6. The van der Waals surface area contributed by atoms with Gasteiger partial charge in [0.15, 0.2) is 0 Å². The van der Waals surface area contributed by atoms with Crippen LogP contribution in [0.2, 0.25) is 0 Å². The fraction of sp³-hybridized carbons (Fsp3) is 0.818. The lowest BCUT2D eigenvalue weighted by Gasteiger charge is -2.28. The highest BCUT2D eigenvalue weighted by Crippen LogP contribution is 2.30. The molecule has 0 bridgehead atoms. The molecule has 0 aromatic rings. The summed E-state index contributed by atoms with van der Waals surface area (Å²) in [6, 6.07) is -1.23. The van der Waals surface area contributed by atoms with E-state index in [0.29, 0.717) is 20.1 Å². The second-order valence-corrected chi connectivity index (χ2v) is 4.72. The number of alkyl halides is 3. The molecule has 3 N–H and O–H groups in total. The Morgan fingerprint density at radius 3 is 2.24 bits per heavy atom. The molecule has 0 aliphatic heterocycles. The Kier molecular flexibility index (Phi) is 7.44. The molecule has 0 radical (unpaired) electrons. The molecule has 0 aromatic heterocycles. The molecule has 1 atom stereocenters. The maximum absolute atomic E-state index is 12.6. The van der Waals surface area contributed by atoms with Gasteiger partial charge in [0.05, 0.1) is 13.2 Å². The van der Waals surface area contributed by atoms with Crippen molar-refractivity contribution in [3.8, 4) is 0 Å². The van der Waals surface area contributed by atoms with Gasteiger partial charge in [-0.15, -0.1) is 0 Å². The number of urea groups is 1. The number of hydrogen-bond donors (Lipinski definition) is 3. The van der Waals surface area contributed by atoms with Crippen LogP contribution < -0.4 is 10.6 Å². The molecule has 1 unspecified atom stereocenters. The summed E-state index contributed by atoms with van der Waals surface area (Å²) in [7, 11) is 3.69. The van der Waals surface area contributed by atoms with E-state index in [4.69, 9.17) is 9.84 Å². The standard InChI is InChI=1S/C11H20F3N3O4/c1-10(8(18)19,11(12,13)14)16-9(20)15-4-6-21-7-5-17(2)3/h4-7H2,1-3H3,(H,18,19)(H2,15,16,20). The molecule has 21 heavy (non-hydrogen) atoms. The molecule has 0 aromatic carbocycles. The SMILES string of the molecule is CN(C)CCOCCNC(=O)NC(C)(C(=O)O)C(F)(F)F. The average molecular weight is 315 g/mol. The third kappa shape index (κ3) is 6.63. The van der Waals surface area contributed by atoms with Gasteiger partial charge in [0, 0.05) is 13.1 Å². The number of hydrogen-bond acceptors (Lipinski definition) is 4. The van der Waals surface area contributed by atoms with Crippen molar-refractivity contribution >= 4 is 12.0 Å². The first-order valence-corrected chi connectivity index (χ1v) is 6.09. The van der Waals surface area contributed by atoms with E-state index >= 15 is 0 Å². The zero-order valence-corrected chi connectivity index (χ0v) is 12.1. The fourth-order valence-electron chi connectivity index (χ4n) is 1.10. The quantitative estimate of drug-likeness (QED) is 0.559. The molecule has 0 saturated carbocycles. The Bertz CT molecular complexity index is 363. The number of nitrogens with one attached hydrogen (secondary N) is 2.